The SMILES string of the molecule is CN(CC1CCNCC1)C1Cc2ccccc2C1.Cl. The molecular weight excluding hydrogens is 256 g/mol. The Morgan fingerprint density at radius 3 is 2.26 bits per heavy atom. The minimum absolute atomic E-state index is 0. The summed E-state index contributed by atoms with van der Waals surface area (Å²) < 4.78 is 0. The van der Waals surface area contributed by atoms with Crippen molar-refractivity contribution in [2.75, 3.05) is 26.7 Å². The van der Waals surface area contributed by atoms with Crippen LogP contribution in [0.1, 0.15) is 24.0 Å². The zero-order valence-electron chi connectivity index (χ0n) is 11.8. The van der Waals surface area contributed by atoms with Crippen LogP contribution in [-0.2, 0) is 12.8 Å². The van der Waals surface area contributed by atoms with E-state index in [4.69, 9.17) is 0 Å². The van der Waals surface area contributed by atoms with Gasteiger partial charge in [-0.3, -0.25) is 0 Å². The summed E-state index contributed by atoms with van der Waals surface area (Å²) in [6.45, 7) is 3.70. The van der Waals surface area contributed by atoms with Gasteiger partial charge in [-0.25, -0.2) is 0 Å². The van der Waals surface area contributed by atoms with Crippen LogP contribution in [-0.4, -0.2) is 37.6 Å². The van der Waals surface area contributed by atoms with Crippen LogP contribution in [0.2, 0.25) is 0 Å². The second-order valence-electron chi connectivity index (χ2n) is 5.96. The highest BCUT2D eigenvalue weighted by molar-refractivity contribution is 5.85. The van der Waals surface area contributed by atoms with E-state index in [1.807, 2.05) is 0 Å². The van der Waals surface area contributed by atoms with Crippen molar-refractivity contribution in [2.45, 2.75) is 31.7 Å². The van der Waals surface area contributed by atoms with Gasteiger partial charge >= 0.3 is 0 Å². The van der Waals surface area contributed by atoms with Gasteiger partial charge in [-0.2, -0.15) is 0 Å². The lowest BCUT2D eigenvalue weighted by atomic mass is 9.97. The lowest BCUT2D eigenvalue weighted by Crippen LogP contribution is -2.39. The Labute approximate surface area is 123 Å². The zero-order chi connectivity index (χ0) is 12.4. The summed E-state index contributed by atoms with van der Waals surface area (Å²) >= 11 is 0. The molecule has 1 saturated heterocycles. The van der Waals surface area contributed by atoms with Gasteiger partial charge in [-0.05, 0) is 62.9 Å². The van der Waals surface area contributed by atoms with E-state index in [-0.39, 0.29) is 12.4 Å². The molecule has 3 heteroatoms. The molecule has 106 valence electrons. The molecule has 2 aliphatic rings. The van der Waals surface area contributed by atoms with Gasteiger partial charge in [0.15, 0.2) is 0 Å². The van der Waals surface area contributed by atoms with Gasteiger partial charge in [0.05, 0.1) is 0 Å². The van der Waals surface area contributed by atoms with E-state index in [0.29, 0.717) is 0 Å². The second-order valence-corrected chi connectivity index (χ2v) is 5.96. The maximum Gasteiger partial charge on any atom is 0.0173 e. The van der Waals surface area contributed by atoms with Gasteiger partial charge in [0.1, 0.15) is 0 Å². The Morgan fingerprint density at radius 1 is 1.11 bits per heavy atom. The summed E-state index contributed by atoms with van der Waals surface area (Å²) in [6.07, 6.45) is 5.20. The number of hydrogen-bond acceptors (Lipinski definition) is 2. The number of rotatable bonds is 3. The van der Waals surface area contributed by atoms with Gasteiger partial charge in [-0.15, -0.1) is 12.4 Å². The number of halogens is 1. The first-order chi connectivity index (χ1) is 8.83. The standard InChI is InChI=1S/C16H24N2.ClH/c1-18(12-13-6-8-17-9-7-13)16-10-14-4-2-3-5-15(14)11-16;/h2-5,13,16-17H,6-12H2,1H3;1H. The summed E-state index contributed by atoms with van der Waals surface area (Å²) in [5, 5.41) is 3.45. The third-order valence-electron chi connectivity index (χ3n) is 4.66. The van der Waals surface area contributed by atoms with Crippen molar-refractivity contribution in [3.05, 3.63) is 35.4 Å². The topological polar surface area (TPSA) is 15.3 Å². The number of benzene rings is 1. The molecule has 19 heavy (non-hydrogen) atoms. The first kappa shape index (κ1) is 14.8. The second kappa shape index (κ2) is 6.74. The fourth-order valence-corrected chi connectivity index (χ4v) is 3.47. The normalized spacial score (nSPS) is 20.3. The third kappa shape index (κ3) is 3.50. The van der Waals surface area contributed by atoms with Gasteiger partial charge in [-0.1, -0.05) is 24.3 Å². The summed E-state index contributed by atoms with van der Waals surface area (Å²) in [5.74, 6) is 0.903. The first-order valence-electron chi connectivity index (χ1n) is 7.30. The lowest BCUT2D eigenvalue weighted by molar-refractivity contribution is 0.190. The van der Waals surface area contributed by atoms with Crippen LogP contribution >= 0.6 is 12.4 Å². The quantitative estimate of drug-likeness (QED) is 0.915. The molecule has 1 aliphatic heterocycles. The molecule has 1 heterocycles. The number of piperidine rings is 1. The molecule has 1 fully saturated rings. The van der Waals surface area contributed by atoms with E-state index in [0.717, 1.165) is 12.0 Å². The molecule has 1 aromatic carbocycles. The molecule has 1 aromatic rings. The molecule has 1 N–H and O–H groups in total. The first-order valence-corrected chi connectivity index (χ1v) is 7.30. The molecule has 0 atom stereocenters. The van der Waals surface area contributed by atoms with Crippen molar-refractivity contribution in [1.82, 2.24) is 10.2 Å². The molecule has 0 amide bonds. The Balaban J connectivity index is 0.00000133. The van der Waals surface area contributed by atoms with Crippen LogP contribution in [0.5, 0.6) is 0 Å². The van der Waals surface area contributed by atoms with Crippen LogP contribution in [0.4, 0.5) is 0 Å². The van der Waals surface area contributed by atoms with E-state index >= 15 is 0 Å². The van der Waals surface area contributed by atoms with E-state index in [1.54, 1.807) is 11.1 Å². The van der Waals surface area contributed by atoms with Gasteiger partial charge in [0, 0.05) is 12.6 Å². The van der Waals surface area contributed by atoms with Crippen molar-refractivity contribution in [1.29, 1.82) is 0 Å². The maximum atomic E-state index is 3.45. The number of fused-ring (bicyclic) bond motifs is 1. The van der Waals surface area contributed by atoms with Crippen molar-refractivity contribution in [3.8, 4) is 0 Å². The van der Waals surface area contributed by atoms with Crippen molar-refractivity contribution < 1.29 is 0 Å². The van der Waals surface area contributed by atoms with Crippen LogP contribution in [0.25, 0.3) is 0 Å². The van der Waals surface area contributed by atoms with E-state index in [9.17, 15) is 0 Å². The monoisotopic (exact) mass is 280 g/mol. The van der Waals surface area contributed by atoms with Crippen LogP contribution in [0, 0.1) is 5.92 Å². The summed E-state index contributed by atoms with van der Waals surface area (Å²) in [5.41, 5.74) is 3.14. The minimum atomic E-state index is 0. The third-order valence-corrected chi connectivity index (χ3v) is 4.66. The molecular formula is C16H25ClN2. The Bertz CT molecular complexity index is 376. The highest BCUT2D eigenvalue weighted by atomic mass is 35.5. The average Bonchev–Trinajstić information content (AvgIpc) is 2.84. The van der Waals surface area contributed by atoms with Crippen molar-refractivity contribution >= 4 is 12.4 Å². The summed E-state index contributed by atoms with van der Waals surface area (Å²) in [7, 11) is 2.32. The predicted octanol–water partition coefficient (Wildman–Crippen LogP) is 2.51. The summed E-state index contributed by atoms with van der Waals surface area (Å²) in [6, 6.07) is 9.68. The molecule has 1 aliphatic carbocycles. The molecule has 0 bridgehead atoms. The van der Waals surface area contributed by atoms with Crippen molar-refractivity contribution in [3.63, 3.8) is 0 Å². The number of nitrogens with one attached hydrogen (secondary N) is 1. The predicted molar refractivity (Wildman–Crippen MR) is 83.1 cm³/mol. The largest absolute Gasteiger partial charge is 0.317 e. The number of hydrogen-bond donors (Lipinski definition) is 1. The van der Waals surface area contributed by atoms with Crippen LogP contribution in [0.15, 0.2) is 24.3 Å². The van der Waals surface area contributed by atoms with Gasteiger partial charge in [0.25, 0.3) is 0 Å². The molecule has 3 rings (SSSR count). The molecule has 0 aromatic heterocycles. The lowest BCUT2D eigenvalue weighted by Gasteiger charge is -2.31. The smallest absolute Gasteiger partial charge is 0.0173 e. The maximum absolute atomic E-state index is 3.45. The fourth-order valence-electron chi connectivity index (χ4n) is 3.47. The highest BCUT2D eigenvalue weighted by Crippen LogP contribution is 2.26. The number of nitrogens with zero attached hydrogens (tertiary/aromatic N) is 1. The zero-order valence-corrected chi connectivity index (χ0v) is 12.6. The summed E-state index contributed by atoms with van der Waals surface area (Å²) in [4.78, 5) is 2.61. The van der Waals surface area contributed by atoms with Gasteiger partial charge < -0.3 is 10.2 Å². The van der Waals surface area contributed by atoms with E-state index in [2.05, 4.69) is 41.5 Å². The Morgan fingerprint density at radius 2 is 1.68 bits per heavy atom. The number of likely N-dealkylation sites (N-methyl/N-ethyl adjacent to an activating group) is 1. The van der Waals surface area contributed by atoms with Crippen LogP contribution < -0.4 is 5.32 Å². The van der Waals surface area contributed by atoms with Gasteiger partial charge in [0.2, 0.25) is 0 Å². The van der Waals surface area contributed by atoms with Crippen molar-refractivity contribution in [2.24, 2.45) is 5.92 Å². The molecule has 0 unspecified atom stereocenters. The molecule has 2 nitrogen and oxygen atoms in total. The molecule has 0 spiro atoms. The average molecular weight is 281 g/mol. The molecule has 0 saturated carbocycles. The Hall–Kier alpha value is -0.570. The van der Waals surface area contributed by atoms with E-state index < -0.39 is 0 Å². The highest BCUT2D eigenvalue weighted by Gasteiger charge is 2.26. The van der Waals surface area contributed by atoms with E-state index in [1.165, 1.54) is 45.3 Å². The Kier molecular flexibility index (Phi) is 5.26. The fraction of sp³-hybridized carbons (Fsp3) is 0.625. The van der Waals surface area contributed by atoms with Crippen LogP contribution in [0.3, 0.4) is 0 Å². The molecule has 0 radical (unpaired) electrons. The minimum Gasteiger partial charge on any atom is -0.317 e.